The summed E-state index contributed by atoms with van der Waals surface area (Å²) >= 11 is 0. The third-order valence-electron chi connectivity index (χ3n) is 4.92. The summed E-state index contributed by atoms with van der Waals surface area (Å²) < 4.78 is 31.6. The normalized spacial score (nSPS) is 11.1. The quantitative estimate of drug-likeness (QED) is 0.569. The van der Waals surface area contributed by atoms with Crippen LogP contribution in [0.1, 0.15) is 16.7 Å². The van der Waals surface area contributed by atoms with Gasteiger partial charge in [-0.25, -0.2) is 8.42 Å². The highest BCUT2D eigenvalue weighted by molar-refractivity contribution is 7.92. The molecule has 3 rings (SSSR count). The van der Waals surface area contributed by atoms with Crippen molar-refractivity contribution >= 4 is 27.3 Å². The Kier molecular flexibility index (Phi) is 6.97. The van der Waals surface area contributed by atoms with Crippen LogP contribution in [0.25, 0.3) is 0 Å². The molecule has 0 atom stereocenters. The first kappa shape index (κ1) is 22.4. The number of hydrogen-bond donors (Lipinski definition) is 1. The lowest BCUT2D eigenvalue weighted by molar-refractivity contribution is -0.114. The summed E-state index contributed by atoms with van der Waals surface area (Å²) in [5, 5.41) is 2.75. The van der Waals surface area contributed by atoms with Gasteiger partial charge in [0.15, 0.2) is 0 Å². The molecule has 0 heterocycles. The first-order valence-electron chi connectivity index (χ1n) is 9.84. The van der Waals surface area contributed by atoms with Gasteiger partial charge < -0.3 is 10.1 Å². The molecule has 0 saturated carbocycles. The molecule has 0 fully saturated rings. The Morgan fingerprint density at radius 1 is 0.935 bits per heavy atom. The van der Waals surface area contributed by atoms with Crippen LogP contribution >= 0.6 is 0 Å². The lowest BCUT2D eigenvalue weighted by Crippen LogP contribution is -2.38. The number of carbonyl (C=O) groups is 1. The second-order valence-corrected chi connectivity index (χ2v) is 9.24. The zero-order valence-electron chi connectivity index (χ0n) is 17.8. The summed E-state index contributed by atoms with van der Waals surface area (Å²) in [5.74, 6) is 0.249. The number of amides is 1. The van der Waals surface area contributed by atoms with Crippen molar-refractivity contribution in [3.8, 4) is 5.75 Å². The zero-order chi connectivity index (χ0) is 22.4. The summed E-state index contributed by atoms with van der Waals surface area (Å²) in [4.78, 5) is 12.6. The Balaban J connectivity index is 1.65. The fourth-order valence-electron chi connectivity index (χ4n) is 3.09. The van der Waals surface area contributed by atoms with Crippen LogP contribution in [0.2, 0.25) is 0 Å². The molecule has 3 aromatic rings. The van der Waals surface area contributed by atoms with Crippen molar-refractivity contribution in [1.29, 1.82) is 0 Å². The number of anilines is 2. The predicted octanol–water partition coefficient (Wildman–Crippen LogP) is 4.29. The van der Waals surface area contributed by atoms with Gasteiger partial charge in [-0.2, -0.15) is 0 Å². The highest BCUT2D eigenvalue weighted by Crippen LogP contribution is 2.25. The molecule has 3 aromatic carbocycles. The van der Waals surface area contributed by atoms with E-state index >= 15 is 0 Å². The standard InChI is InChI=1S/C24H26N2O4S/c1-18-8-7-11-23(19(18)2)26(31(3,28)29)16-24(27)25-21-12-14-22(15-13-21)30-17-20-9-5-4-6-10-20/h4-15H,16-17H2,1-3H3,(H,25,27). The maximum Gasteiger partial charge on any atom is 0.245 e. The number of carbonyl (C=O) groups excluding carboxylic acids is 1. The number of nitrogens with zero attached hydrogens (tertiary/aromatic N) is 1. The summed E-state index contributed by atoms with van der Waals surface area (Å²) in [6, 6.07) is 22.2. The van der Waals surface area contributed by atoms with E-state index in [1.807, 2.05) is 50.2 Å². The smallest absolute Gasteiger partial charge is 0.245 e. The Labute approximate surface area is 183 Å². The molecule has 0 saturated heterocycles. The molecule has 0 aromatic heterocycles. The van der Waals surface area contributed by atoms with Crippen molar-refractivity contribution < 1.29 is 17.9 Å². The Hall–Kier alpha value is -3.32. The van der Waals surface area contributed by atoms with Crippen LogP contribution < -0.4 is 14.4 Å². The van der Waals surface area contributed by atoms with Gasteiger partial charge in [0.1, 0.15) is 18.9 Å². The van der Waals surface area contributed by atoms with Crippen molar-refractivity contribution in [1.82, 2.24) is 0 Å². The number of benzene rings is 3. The SMILES string of the molecule is Cc1cccc(N(CC(=O)Nc2ccc(OCc3ccccc3)cc2)S(C)(=O)=O)c1C. The van der Waals surface area contributed by atoms with E-state index in [4.69, 9.17) is 4.74 Å². The lowest BCUT2D eigenvalue weighted by Gasteiger charge is -2.24. The number of sulfonamides is 1. The molecule has 0 aliphatic rings. The lowest BCUT2D eigenvalue weighted by atomic mass is 10.1. The number of hydrogen-bond acceptors (Lipinski definition) is 4. The maximum atomic E-state index is 12.6. The van der Waals surface area contributed by atoms with Crippen LogP contribution in [0, 0.1) is 13.8 Å². The molecule has 0 unspecified atom stereocenters. The average molecular weight is 439 g/mol. The molecular weight excluding hydrogens is 412 g/mol. The highest BCUT2D eigenvalue weighted by Gasteiger charge is 2.22. The zero-order valence-corrected chi connectivity index (χ0v) is 18.6. The van der Waals surface area contributed by atoms with Crippen LogP contribution in [-0.4, -0.2) is 27.1 Å². The molecule has 31 heavy (non-hydrogen) atoms. The fraction of sp³-hybridized carbons (Fsp3) is 0.208. The monoisotopic (exact) mass is 438 g/mol. The van der Waals surface area contributed by atoms with Gasteiger partial charge in [0.25, 0.3) is 0 Å². The molecule has 162 valence electrons. The minimum atomic E-state index is -3.63. The molecule has 7 heteroatoms. The highest BCUT2D eigenvalue weighted by atomic mass is 32.2. The Morgan fingerprint density at radius 3 is 2.26 bits per heavy atom. The van der Waals surface area contributed by atoms with Crippen LogP contribution in [0.4, 0.5) is 11.4 Å². The summed E-state index contributed by atoms with van der Waals surface area (Å²) in [7, 11) is -3.63. The van der Waals surface area contributed by atoms with Gasteiger partial charge in [0.2, 0.25) is 15.9 Å². The van der Waals surface area contributed by atoms with E-state index in [1.165, 1.54) is 0 Å². The van der Waals surface area contributed by atoms with Crippen molar-refractivity contribution in [3.63, 3.8) is 0 Å². The topological polar surface area (TPSA) is 75.7 Å². The van der Waals surface area contributed by atoms with E-state index < -0.39 is 15.9 Å². The van der Waals surface area contributed by atoms with Crippen LogP contribution in [0.15, 0.2) is 72.8 Å². The molecule has 0 radical (unpaired) electrons. The molecule has 0 aliphatic heterocycles. The van der Waals surface area contributed by atoms with Crippen LogP contribution in [0.5, 0.6) is 5.75 Å². The largest absolute Gasteiger partial charge is 0.489 e. The van der Waals surface area contributed by atoms with Crippen molar-refractivity contribution in [2.75, 3.05) is 22.4 Å². The molecule has 0 bridgehead atoms. The molecule has 0 spiro atoms. The molecule has 0 aliphatic carbocycles. The van der Waals surface area contributed by atoms with E-state index in [2.05, 4.69) is 5.32 Å². The molecule has 1 amide bonds. The minimum Gasteiger partial charge on any atom is -0.489 e. The van der Waals surface area contributed by atoms with Crippen molar-refractivity contribution in [2.45, 2.75) is 20.5 Å². The van der Waals surface area contributed by atoms with Crippen molar-refractivity contribution in [2.24, 2.45) is 0 Å². The molecule has 6 nitrogen and oxygen atoms in total. The van der Waals surface area contributed by atoms with E-state index in [1.54, 1.807) is 36.4 Å². The van der Waals surface area contributed by atoms with Crippen LogP contribution in [0.3, 0.4) is 0 Å². The fourth-order valence-corrected chi connectivity index (χ4v) is 4.00. The Morgan fingerprint density at radius 2 is 1.61 bits per heavy atom. The van der Waals surface area contributed by atoms with E-state index in [0.29, 0.717) is 23.7 Å². The number of aryl methyl sites for hydroxylation is 1. The van der Waals surface area contributed by atoms with Gasteiger partial charge in [-0.1, -0.05) is 42.5 Å². The van der Waals surface area contributed by atoms with E-state index in [0.717, 1.165) is 27.3 Å². The summed E-state index contributed by atoms with van der Waals surface area (Å²) in [5.41, 5.74) is 3.90. The molecule has 1 N–H and O–H groups in total. The van der Waals surface area contributed by atoms with Gasteiger partial charge >= 0.3 is 0 Å². The number of ether oxygens (including phenoxy) is 1. The third-order valence-corrected chi connectivity index (χ3v) is 6.05. The van der Waals surface area contributed by atoms with Gasteiger partial charge in [0.05, 0.1) is 11.9 Å². The van der Waals surface area contributed by atoms with E-state index in [-0.39, 0.29) is 6.54 Å². The summed E-state index contributed by atoms with van der Waals surface area (Å²) in [6.07, 6.45) is 1.10. The third kappa shape index (κ3) is 6.08. The molecular formula is C24H26N2O4S. The van der Waals surface area contributed by atoms with Crippen molar-refractivity contribution in [3.05, 3.63) is 89.5 Å². The average Bonchev–Trinajstić information content (AvgIpc) is 2.74. The maximum absolute atomic E-state index is 12.6. The first-order valence-corrected chi connectivity index (χ1v) is 11.7. The number of nitrogens with one attached hydrogen (secondary N) is 1. The van der Waals surface area contributed by atoms with Crippen LogP contribution in [-0.2, 0) is 21.4 Å². The van der Waals surface area contributed by atoms with Gasteiger partial charge in [-0.3, -0.25) is 9.10 Å². The van der Waals surface area contributed by atoms with Gasteiger partial charge in [-0.15, -0.1) is 0 Å². The predicted molar refractivity (Wildman–Crippen MR) is 124 cm³/mol. The second kappa shape index (κ2) is 9.66. The minimum absolute atomic E-state index is 0.310. The summed E-state index contributed by atoms with van der Waals surface area (Å²) in [6.45, 7) is 3.89. The van der Waals surface area contributed by atoms with Gasteiger partial charge in [0, 0.05) is 5.69 Å². The first-order chi connectivity index (χ1) is 14.7. The Bertz CT molecular complexity index is 1140. The van der Waals surface area contributed by atoms with E-state index in [9.17, 15) is 13.2 Å². The second-order valence-electron chi connectivity index (χ2n) is 7.34. The number of rotatable bonds is 8. The van der Waals surface area contributed by atoms with Gasteiger partial charge in [-0.05, 0) is 60.9 Å².